The molecule has 3 aromatic rings. The molecule has 1 unspecified atom stereocenters. The van der Waals surface area contributed by atoms with Gasteiger partial charge in [0.05, 0.1) is 0 Å². The summed E-state index contributed by atoms with van der Waals surface area (Å²) in [5.41, 5.74) is 5.86. The summed E-state index contributed by atoms with van der Waals surface area (Å²) in [6, 6.07) is 15.4. The van der Waals surface area contributed by atoms with E-state index in [-0.39, 0.29) is 15.0 Å². The predicted molar refractivity (Wildman–Crippen MR) is 89.0 cm³/mol. The molecule has 0 fully saturated rings. The van der Waals surface area contributed by atoms with Crippen molar-refractivity contribution in [1.82, 2.24) is 7.96 Å². The summed E-state index contributed by atoms with van der Waals surface area (Å²) < 4.78 is 8.99. The van der Waals surface area contributed by atoms with Crippen LogP contribution in [0.15, 0.2) is 42.5 Å². The average molecular weight is 344 g/mol. The molecule has 0 spiro atoms. The summed E-state index contributed by atoms with van der Waals surface area (Å²) in [7, 11) is 0. The van der Waals surface area contributed by atoms with Gasteiger partial charge in [-0.3, -0.25) is 0 Å². The van der Waals surface area contributed by atoms with Crippen LogP contribution in [-0.2, 0) is 6.42 Å². The molecule has 108 valence electrons. The monoisotopic (exact) mass is 345 g/mol. The van der Waals surface area contributed by atoms with Crippen LogP contribution in [0, 0.1) is 0 Å². The quantitative estimate of drug-likeness (QED) is 0.715. The normalized spacial score (nSPS) is 12.5. The van der Waals surface area contributed by atoms with E-state index in [0.29, 0.717) is 6.04 Å². The molecule has 0 radical (unpaired) electrons. The fourth-order valence-corrected chi connectivity index (χ4v) is 3.67. The molecule has 0 saturated heterocycles. The van der Waals surface area contributed by atoms with E-state index in [9.17, 15) is 0 Å². The Bertz CT molecular complexity index is 718. The SMILES string of the molecule is CCc1ccc(C(CC)Nc2cccc3n[se]nc23)cc1. The molecular weight excluding hydrogens is 325 g/mol. The molecule has 0 amide bonds. The van der Waals surface area contributed by atoms with Crippen LogP contribution in [0.1, 0.15) is 37.4 Å². The van der Waals surface area contributed by atoms with Gasteiger partial charge in [0.1, 0.15) is 0 Å². The minimum atomic E-state index is 0.0185. The molecule has 1 atom stereocenters. The first-order valence-electron chi connectivity index (χ1n) is 7.38. The van der Waals surface area contributed by atoms with E-state index in [1.54, 1.807) is 0 Å². The fraction of sp³-hybridized carbons (Fsp3) is 0.294. The van der Waals surface area contributed by atoms with Crippen LogP contribution in [0.4, 0.5) is 5.69 Å². The second-order valence-electron chi connectivity index (χ2n) is 5.14. The third-order valence-corrected chi connectivity index (χ3v) is 4.95. The van der Waals surface area contributed by atoms with Crippen LogP contribution < -0.4 is 5.32 Å². The van der Waals surface area contributed by atoms with E-state index in [1.807, 2.05) is 6.07 Å². The second kappa shape index (κ2) is 6.42. The number of aromatic nitrogens is 2. The zero-order valence-electron chi connectivity index (χ0n) is 12.3. The third-order valence-electron chi connectivity index (χ3n) is 3.81. The van der Waals surface area contributed by atoms with Gasteiger partial charge in [0, 0.05) is 0 Å². The Kier molecular flexibility index (Phi) is 4.37. The Morgan fingerprint density at radius 3 is 2.57 bits per heavy atom. The summed E-state index contributed by atoms with van der Waals surface area (Å²) in [5.74, 6) is 0. The Morgan fingerprint density at radius 2 is 1.86 bits per heavy atom. The van der Waals surface area contributed by atoms with Crippen molar-refractivity contribution >= 4 is 31.7 Å². The molecule has 0 bridgehead atoms. The van der Waals surface area contributed by atoms with Crippen molar-refractivity contribution in [2.45, 2.75) is 32.7 Å². The summed E-state index contributed by atoms with van der Waals surface area (Å²) in [4.78, 5) is 0. The average Bonchev–Trinajstić information content (AvgIpc) is 3.02. The molecular formula is C17H19N3Se. The van der Waals surface area contributed by atoms with Crippen LogP contribution in [-0.4, -0.2) is 22.9 Å². The van der Waals surface area contributed by atoms with Crippen LogP contribution in [0.3, 0.4) is 0 Å². The van der Waals surface area contributed by atoms with E-state index >= 15 is 0 Å². The van der Waals surface area contributed by atoms with Crippen molar-refractivity contribution in [1.29, 1.82) is 0 Å². The number of nitrogens with one attached hydrogen (secondary N) is 1. The predicted octanol–water partition coefficient (Wildman–Crippen LogP) is 3.81. The van der Waals surface area contributed by atoms with Crippen LogP contribution >= 0.6 is 0 Å². The van der Waals surface area contributed by atoms with Crippen molar-refractivity contribution in [2.75, 3.05) is 5.32 Å². The molecule has 3 nitrogen and oxygen atoms in total. The standard InChI is InChI=1S/C17H19N3Se/c1-3-12-8-10-13(11-9-12)14(4-2)18-15-6-5-7-16-17(15)20-21-19-16/h5-11,14,18H,3-4H2,1-2H3. The Balaban J connectivity index is 1.88. The Hall–Kier alpha value is -1.64. The second-order valence-corrected chi connectivity index (χ2v) is 6.25. The number of hydrogen-bond donors (Lipinski definition) is 1. The number of aryl methyl sites for hydroxylation is 1. The zero-order valence-corrected chi connectivity index (χ0v) is 14.0. The topological polar surface area (TPSA) is 37.8 Å². The van der Waals surface area contributed by atoms with Gasteiger partial charge in [0.15, 0.2) is 0 Å². The molecule has 1 aromatic heterocycles. The van der Waals surface area contributed by atoms with Gasteiger partial charge in [-0.2, -0.15) is 0 Å². The first-order chi connectivity index (χ1) is 10.3. The van der Waals surface area contributed by atoms with Gasteiger partial charge < -0.3 is 0 Å². The van der Waals surface area contributed by atoms with E-state index in [1.165, 1.54) is 11.1 Å². The number of hydrogen-bond acceptors (Lipinski definition) is 3. The molecule has 1 N–H and O–H groups in total. The Labute approximate surface area is 131 Å². The molecule has 2 aromatic carbocycles. The first-order valence-corrected chi connectivity index (χ1v) is 8.91. The summed E-state index contributed by atoms with van der Waals surface area (Å²) >= 11 is 0.0185. The molecule has 0 aliphatic heterocycles. The summed E-state index contributed by atoms with van der Waals surface area (Å²) in [5, 5.41) is 3.64. The first kappa shape index (κ1) is 14.3. The van der Waals surface area contributed by atoms with Crippen molar-refractivity contribution in [2.24, 2.45) is 0 Å². The molecule has 0 aliphatic carbocycles. The van der Waals surface area contributed by atoms with E-state index in [0.717, 1.165) is 29.6 Å². The van der Waals surface area contributed by atoms with Crippen LogP contribution in [0.5, 0.6) is 0 Å². The van der Waals surface area contributed by atoms with E-state index in [4.69, 9.17) is 0 Å². The van der Waals surface area contributed by atoms with Crippen molar-refractivity contribution < 1.29 is 0 Å². The van der Waals surface area contributed by atoms with Gasteiger partial charge in [-0.05, 0) is 0 Å². The van der Waals surface area contributed by atoms with Gasteiger partial charge >= 0.3 is 131 Å². The third kappa shape index (κ3) is 3.02. The molecule has 0 saturated carbocycles. The number of fused-ring (bicyclic) bond motifs is 1. The van der Waals surface area contributed by atoms with Gasteiger partial charge in [-0.1, -0.05) is 0 Å². The number of nitrogens with zero attached hydrogens (tertiary/aromatic N) is 2. The Morgan fingerprint density at radius 1 is 1.05 bits per heavy atom. The van der Waals surface area contributed by atoms with Crippen LogP contribution in [0.2, 0.25) is 0 Å². The van der Waals surface area contributed by atoms with Gasteiger partial charge in [0.25, 0.3) is 0 Å². The maximum atomic E-state index is 4.54. The molecule has 1 heterocycles. The van der Waals surface area contributed by atoms with E-state index in [2.05, 4.69) is 63.5 Å². The number of anilines is 1. The fourth-order valence-electron chi connectivity index (χ4n) is 2.52. The van der Waals surface area contributed by atoms with E-state index < -0.39 is 0 Å². The summed E-state index contributed by atoms with van der Waals surface area (Å²) in [6.07, 6.45) is 2.12. The molecule has 21 heavy (non-hydrogen) atoms. The molecule has 0 aliphatic rings. The summed E-state index contributed by atoms with van der Waals surface area (Å²) in [6.45, 7) is 4.39. The zero-order chi connectivity index (χ0) is 14.7. The molecule has 4 heteroatoms. The van der Waals surface area contributed by atoms with Gasteiger partial charge in [-0.15, -0.1) is 0 Å². The van der Waals surface area contributed by atoms with Crippen LogP contribution in [0.25, 0.3) is 11.0 Å². The maximum absolute atomic E-state index is 4.54. The van der Waals surface area contributed by atoms with Crippen molar-refractivity contribution in [3.05, 3.63) is 53.6 Å². The number of benzene rings is 2. The van der Waals surface area contributed by atoms with Crippen molar-refractivity contribution in [3.63, 3.8) is 0 Å². The minimum absolute atomic E-state index is 0.0185. The molecule has 3 rings (SSSR count). The van der Waals surface area contributed by atoms with Gasteiger partial charge in [0.2, 0.25) is 0 Å². The van der Waals surface area contributed by atoms with Gasteiger partial charge in [-0.25, -0.2) is 0 Å². The number of rotatable bonds is 5. The van der Waals surface area contributed by atoms with Crippen molar-refractivity contribution in [3.8, 4) is 0 Å².